The molecule has 3 aromatic rings. The molecule has 0 saturated carbocycles. The van der Waals surface area contributed by atoms with Crippen molar-refractivity contribution in [2.24, 2.45) is 0 Å². The van der Waals surface area contributed by atoms with Gasteiger partial charge in [0.2, 0.25) is 0 Å². The predicted molar refractivity (Wildman–Crippen MR) is 104 cm³/mol. The molecule has 0 aliphatic rings. The van der Waals surface area contributed by atoms with Crippen molar-refractivity contribution >= 4 is 23.2 Å². The fraction of sp³-hybridized carbons (Fsp3) is 0.250. The SMILES string of the molecule is COc1ccc(Cc2nccc3ccc(OC)c(OC)c23)cc1OC.Cl. The number of hydrogen-bond donors (Lipinski definition) is 0. The van der Waals surface area contributed by atoms with Gasteiger partial charge in [0.1, 0.15) is 0 Å². The Hall–Kier alpha value is -2.66. The van der Waals surface area contributed by atoms with Crippen molar-refractivity contribution < 1.29 is 18.9 Å². The fourth-order valence-electron chi connectivity index (χ4n) is 2.97. The molecule has 138 valence electrons. The molecule has 0 bridgehead atoms. The number of nitrogens with zero attached hydrogens (tertiary/aromatic N) is 1. The van der Waals surface area contributed by atoms with Gasteiger partial charge in [-0.3, -0.25) is 4.98 Å². The van der Waals surface area contributed by atoms with Crippen LogP contribution >= 0.6 is 12.4 Å². The van der Waals surface area contributed by atoms with Crippen molar-refractivity contribution in [1.82, 2.24) is 4.98 Å². The molecule has 1 aromatic heterocycles. The minimum Gasteiger partial charge on any atom is -0.493 e. The Morgan fingerprint density at radius 2 is 1.46 bits per heavy atom. The Bertz CT molecular complexity index is 898. The van der Waals surface area contributed by atoms with Crippen LogP contribution in [-0.2, 0) is 6.42 Å². The lowest BCUT2D eigenvalue weighted by atomic mass is 10.0. The monoisotopic (exact) mass is 375 g/mol. The molecular formula is C20H22ClNO4. The second-order valence-corrected chi connectivity index (χ2v) is 5.52. The van der Waals surface area contributed by atoms with Gasteiger partial charge in [0.05, 0.1) is 34.1 Å². The van der Waals surface area contributed by atoms with E-state index in [1.54, 1.807) is 28.4 Å². The topological polar surface area (TPSA) is 49.8 Å². The summed E-state index contributed by atoms with van der Waals surface area (Å²) in [6.45, 7) is 0. The van der Waals surface area contributed by atoms with Crippen LogP contribution in [0.3, 0.4) is 0 Å². The van der Waals surface area contributed by atoms with E-state index in [-0.39, 0.29) is 12.4 Å². The Balaban J connectivity index is 0.00000243. The molecule has 0 saturated heterocycles. The van der Waals surface area contributed by atoms with E-state index in [1.807, 2.05) is 42.6 Å². The highest BCUT2D eigenvalue weighted by molar-refractivity contribution is 5.92. The number of benzene rings is 2. The van der Waals surface area contributed by atoms with Gasteiger partial charge >= 0.3 is 0 Å². The molecule has 0 aliphatic carbocycles. The average Bonchev–Trinajstić information content (AvgIpc) is 2.67. The van der Waals surface area contributed by atoms with Gasteiger partial charge in [-0.2, -0.15) is 0 Å². The first-order valence-corrected chi connectivity index (χ1v) is 7.91. The second kappa shape index (κ2) is 8.63. The maximum Gasteiger partial charge on any atom is 0.170 e. The molecule has 1 heterocycles. The van der Waals surface area contributed by atoms with Gasteiger partial charge in [0, 0.05) is 18.0 Å². The standard InChI is InChI=1S/C20H21NO4.ClH/c1-22-16-7-5-13(12-18(16)24-3)11-15-19-14(9-10-21-15)6-8-17(23-2)20(19)25-4;/h5-10,12H,11H2,1-4H3;1H. The van der Waals surface area contributed by atoms with E-state index < -0.39 is 0 Å². The summed E-state index contributed by atoms with van der Waals surface area (Å²) in [5, 5.41) is 2.02. The first kappa shape index (κ1) is 19.7. The van der Waals surface area contributed by atoms with Crippen LogP contribution in [0.1, 0.15) is 11.3 Å². The maximum atomic E-state index is 5.60. The number of hydrogen-bond acceptors (Lipinski definition) is 5. The minimum absolute atomic E-state index is 0. The van der Waals surface area contributed by atoms with Gasteiger partial charge in [-0.1, -0.05) is 12.1 Å². The van der Waals surface area contributed by atoms with Crippen LogP contribution in [0.5, 0.6) is 23.0 Å². The third-order valence-corrected chi connectivity index (χ3v) is 4.17. The molecule has 5 nitrogen and oxygen atoms in total. The molecule has 0 atom stereocenters. The highest BCUT2D eigenvalue weighted by Gasteiger charge is 2.15. The van der Waals surface area contributed by atoms with Gasteiger partial charge in [-0.05, 0) is 35.2 Å². The van der Waals surface area contributed by atoms with Gasteiger partial charge in [0.15, 0.2) is 23.0 Å². The quantitative estimate of drug-likeness (QED) is 0.643. The van der Waals surface area contributed by atoms with Crippen LogP contribution in [0, 0.1) is 0 Å². The van der Waals surface area contributed by atoms with E-state index in [1.165, 1.54) is 0 Å². The van der Waals surface area contributed by atoms with E-state index in [4.69, 9.17) is 18.9 Å². The normalized spacial score (nSPS) is 10.2. The lowest BCUT2D eigenvalue weighted by molar-refractivity contribution is 0.354. The zero-order valence-corrected chi connectivity index (χ0v) is 16.1. The molecule has 6 heteroatoms. The summed E-state index contributed by atoms with van der Waals surface area (Å²) in [6.07, 6.45) is 2.45. The number of fused-ring (bicyclic) bond motifs is 1. The van der Waals surface area contributed by atoms with Gasteiger partial charge in [-0.15, -0.1) is 12.4 Å². The summed E-state index contributed by atoms with van der Waals surface area (Å²) in [7, 11) is 6.53. The second-order valence-electron chi connectivity index (χ2n) is 5.52. The zero-order chi connectivity index (χ0) is 17.8. The van der Waals surface area contributed by atoms with E-state index in [0.29, 0.717) is 29.4 Å². The summed E-state index contributed by atoms with van der Waals surface area (Å²) < 4.78 is 21.7. The van der Waals surface area contributed by atoms with Crippen LogP contribution in [-0.4, -0.2) is 33.4 Å². The lowest BCUT2D eigenvalue weighted by Gasteiger charge is -2.14. The van der Waals surface area contributed by atoms with Crippen LogP contribution in [0.15, 0.2) is 42.6 Å². The van der Waals surface area contributed by atoms with Crippen molar-refractivity contribution in [1.29, 1.82) is 0 Å². The maximum absolute atomic E-state index is 5.60. The van der Waals surface area contributed by atoms with Gasteiger partial charge in [0.25, 0.3) is 0 Å². The molecular weight excluding hydrogens is 354 g/mol. The van der Waals surface area contributed by atoms with Crippen molar-refractivity contribution in [3.8, 4) is 23.0 Å². The highest BCUT2D eigenvalue weighted by atomic mass is 35.5. The van der Waals surface area contributed by atoms with Crippen molar-refractivity contribution in [3.63, 3.8) is 0 Å². The smallest absolute Gasteiger partial charge is 0.170 e. The van der Waals surface area contributed by atoms with E-state index in [9.17, 15) is 0 Å². The Kier molecular flexibility index (Phi) is 6.52. The zero-order valence-electron chi connectivity index (χ0n) is 15.2. The fourth-order valence-corrected chi connectivity index (χ4v) is 2.97. The molecule has 0 amide bonds. The summed E-state index contributed by atoms with van der Waals surface area (Å²) >= 11 is 0. The summed E-state index contributed by atoms with van der Waals surface area (Å²) in [5.74, 6) is 2.79. The largest absolute Gasteiger partial charge is 0.493 e. The summed E-state index contributed by atoms with van der Waals surface area (Å²) in [4.78, 5) is 4.58. The van der Waals surface area contributed by atoms with Crippen molar-refractivity contribution in [2.45, 2.75) is 6.42 Å². The molecule has 0 spiro atoms. The van der Waals surface area contributed by atoms with Crippen LogP contribution in [0.4, 0.5) is 0 Å². The summed E-state index contributed by atoms with van der Waals surface area (Å²) in [5.41, 5.74) is 1.99. The molecule has 26 heavy (non-hydrogen) atoms. The Morgan fingerprint density at radius 3 is 2.12 bits per heavy atom. The van der Waals surface area contributed by atoms with Crippen molar-refractivity contribution in [3.05, 3.63) is 53.9 Å². The number of pyridine rings is 1. The van der Waals surface area contributed by atoms with E-state index in [0.717, 1.165) is 22.0 Å². The number of rotatable bonds is 6. The number of halogens is 1. The number of aromatic nitrogens is 1. The third-order valence-electron chi connectivity index (χ3n) is 4.17. The molecule has 0 N–H and O–H groups in total. The van der Waals surface area contributed by atoms with Crippen LogP contribution in [0.2, 0.25) is 0 Å². The first-order valence-electron chi connectivity index (χ1n) is 7.91. The molecule has 3 rings (SSSR count). The lowest BCUT2D eigenvalue weighted by Crippen LogP contribution is -1.99. The number of ether oxygens (including phenoxy) is 4. The van der Waals surface area contributed by atoms with Gasteiger partial charge < -0.3 is 18.9 Å². The third kappa shape index (κ3) is 3.63. The number of methoxy groups -OCH3 is 4. The summed E-state index contributed by atoms with van der Waals surface area (Å²) in [6, 6.07) is 11.8. The van der Waals surface area contributed by atoms with Crippen molar-refractivity contribution in [2.75, 3.05) is 28.4 Å². The first-order chi connectivity index (χ1) is 12.2. The Morgan fingerprint density at radius 1 is 0.769 bits per heavy atom. The van der Waals surface area contributed by atoms with Crippen LogP contribution in [0.25, 0.3) is 10.8 Å². The minimum atomic E-state index is 0. The highest BCUT2D eigenvalue weighted by Crippen LogP contribution is 2.37. The van der Waals surface area contributed by atoms with E-state index >= 15 is 0 Å². The average molecular weight is 376 g/mol. The molecule has 0 aliphatic heterocycles. The Labute approximate surface area is 159 Å². The molecule has 2 aromatic carbocycles. The molecule has 0 fully saturated rings. The van der Waals surface area contributed by atoms with Crippen LogP contribution < -0.4 is 18.9 Å². The van der Waals surface area contributed by atoms with E-state index in [2.05, 4.69) is 4.98 Å². The predicted octanol–water partition coefficient (Wildman–Crippen LogP) is 4.28. The molecule has 0 unspecified atom stereocenters. The molecule has 0 radical (unpaired) electrons. The van der Waals surface area contributed by atoms with Gasteiger partial charge in [-0.25, -0.2) is 0 Å².